The average Bonchev–Trinajstić information content (AvgIpc) is 3.10. The first kappa shape index (κ1) is 17.9. The van der Waals surface area contributed by atoms with Gasteiger partial charge >= 0.3 is 6.03 Å². The van der Waals surface area contributed by atoms with Gasteiger partial charge in [0.25, 0.3) is 0 Å². The van der Waals surface area contributed by atoms with Crippen LogP contribution in [0.5, 0.6) is 5.75 Å². The van der Waals surface area contributed by atoms with Crippen molar-refractivity contribution in [1.82, 2.24) is 0 Å². The third-order valence-electron chi connectivity index (χ3n) is 5.34. The summed E-state index contributed by atoms with van der Waals surface area (Å²) in [6.07, 6.45) is 0.905. The monoisotopic (exact) mass is 386 g/mol. The van der Waals surface area contributed by atoms with Crippen LogP contribution in [-0.4, -0.2) is 45.1 Å². The normalized spacial score (nSPS) is 23.6. The minimum Gasteiger partial charge on any atom is -0.495 e. The lowest BCUT2D eigenvalue weighted by molar-refractivity contribution is 0.255. The second-order valence-electron chi connectivity index (χ2n) is 6.93. The quantitative estimate of drug-likeness (QED) is 0.758. The van der Waals surface area contributed by atoms with E-state index < -0.39 is 21.9 Å². The van der Waals surface area contributed by atoms with Gasteiger partial charge in [0.15, 0.2) is 9.84 Å². The van der Waals surface area contributed by atoms with Crippen molar-refractivity contribution in [2.24, 2.45) is 0 Å². The second-order valence-corrected chi connectivity index (χ2v) is 9.08. The number of anilines is 2. The number of rotatable bonds is 4. The molecule has 2 aliphatic rings. The Morgan fingerprint density at radius 1 is 1.00 bits per heavy atom. The van der Waals surface area contributed by atoms with Gasteiger partial charge in [-0.05, 0) is 36.2 Å². The summed E-state index contributed by atoms with van der Waals surface area (Å²) in [5.41, 5.74) is 2.49. The molecule has 4 rings (SSSR count). The molecule has 142 valence electrons. The molecule has 0 spiro atoms. The number of hydrogen-bond acceptors (Lipinski definition) is 4. The first-order chi connectivity index (χ1) is 12.9. The molecule has 0 aromatic heterocycles. The number of ether oxygens (including phenoxy) is 1. The summed E-state index contributed by atoms with van der Waals surface area (Å²) in [4.78, 5) is 16.6. The van der Waals surface area contributed by atoms with Crippen LogP contribution in [0, 0.1) is 0 Å². The minimum absolute atomic E-state index is 0.0232. The molecule has 2 aliphatic heterocycles. The van der Waals surface area contributed by atoms with Gasteiger partial charge in [-0.15, -0.1) is 0 Å². The van der Waals surface area contributed by atoms with Crippen LogP contribution in [-0.2, 0) is 16.3 Å². The van der Waals surface area contributed by atoms with E-state index >= 15 is 0 Å². The maximum Gasteiger partial charge on any atom is 0.329 e. The number of urea groups is 1. The molecule has 2 aromatic rings. The van der Waals surface area contributed by atoms with Gasteiger partial charge in [0.05, 0.1) is 36.4 Å². The smallest absolute Gasteiger partial charge is 0.329 e. The SMILES string of the molecule is CCc1ccc(N2C(=O)N(c3ccccc3OC)[C@@H]3CS(=O)(=O)C[C@H]32)cc1. The number of hydrogen-bond donors (Lipinski definition) is 0. The zero-order chi connectivity index (χ0) is 19.2. The van der Waals surface area contributed by atoms with Crippen LogP contribution in [0.4, 0.5) is 16.2 Å². The molecule has 0 bridgehead atoms. The Labute approximate surface area is 159 Å². The van der Waals surface area contributed by atoms with Gasteiger partial charge in [0.1, 0.15) is 5.75 Å². The molecule has 7 heteroatoms. The highest BCUT2D eigenvalue weighted by atomic mass is 32.2. The van der Waals surface area contributed by atoms with Crippen molar-refractivity contribution in [3.8, 4) is 5.75 Å². The molecule has 0 aliphatic carbocycles. The predicted molar refractivity (Wildman–Crippen MR) is 105 cm³/mol. The standard InChI is InChI=1S/C20H22N2O4S/c1-3-14-8-10-15(11-9-14)21-17-12-27(24,25)13-18(17)22(20(21)23)16-6-4-5-7-19(16)26-2/h4-11,17-18H,3,12-13H2,1-2H3/t17-,18-/m1/s1. The number of methoxy groups -OCH3 is 1. The van der Waals surface area contributed by atoms with Crippen molar-refractivity contribution in [2.75, 3.05) is 28.4 Å². The van der Waals surface area contributed by atoms with Gasteiger partial charge < -0.3 is 4.74 Å². The predicted octanol–water partition coefficient (Wildman–Crippen LogP) is 2.87. The van der Waals surface area contributed by atoms with Crippen molar-refractivity contribution < 1.29 is 17.9 Å². The number of nitrogens with zero attached hydrogens (tertiary/aromatic N) is 2. The van der Waals surface area contributed by atoms with E-state index in [4.69, 9.17) is 4.74 Å². The molecule has 27 heavy (non-hydrogen) atoms. The van der Waals surface area contributed by atoms with Gasteiger partial charge in [-0.2, -0.15) is 0 Å². The molecular formula is C20H22N2O4S. The molecule has 6 nitrogen and oxygen atoms in total. The van der Waals surface area contributed by atoms with E-state index in [9.17, 15) is 13.2 Å². The van der Waals surface area contributed by atoms with Crippen LogP contribution < -0.4 is 14.5 Å². The van der Waals surface area contributed by atoms with E-state index in [1.807, 2.05) is 36.4 Å². The van der Waals surface area contributed by atoms with Gasteiger partial charge in [-0.3, -0.25) is 9.80 Å². The highest BCUT2D eigenvalue weighted by molar-refractivity contribution is 7.91. The summed E-state index contributed by atoms with van der Waals surface area (Å²) in [6.45, 7) is 2.07. The molecule has 0 saturated carbocycles. The zero-order valence-electron chi connectivity index (χ0n) is 15.3. The van der Waals surface area contributed by atoms with Crippen molar-refractivity contribution >= 4 is 27.2 Å². The summed E-state index contributed by atoms with van der Waals surface area (Å²) in [5.74, 6) is 0.493. The molecule has 0 N–H and O–H groups in total. The van der Waals surface area contributed by atoms with Crippen molar-refractivity contribution in [3.05, 3.63) is 54.1 Å². The first-order valence-corrected chi connectivity index (χ1v) is 10.8. The summed E-state index contributed by atoms with van der Waals surface area (Å²) in [5, 5.41) is 0. The lowest BCUT2D eigenvalue weighted by Crippen LogP contribution is -2.38. The molecule has 0 unspecified atom stereocenters. The Morgan fingerprint density at radius 3 is 2.26 bits per heavy atom. The van der Waals surface area contributed by atoms with Crippen molar-refractivity contribution in [3.63, 3.8) is 0 Å². The molecule has 2 amide bonds. The third-order valence-corrected chi connectivity index (χ3v) is 7.04. The van der Waals surface area contributed by atoms with E-state index in [0.717, 1.165) is 12.1 Å². The van der Waals surface area contributed by atoms with E-state index in [1.54, 1.807) is 29.0 Å². The lowest BCUT2D eigenvalue weighted by atomic mass is 10.1. The maximum absolute atomic E-state index is 13.4. The topological polar surface area (TPSA) is 66.9 Å². The maximum atomic E-state index is 13.4. The fourth-order valence-electron chi connectivity index (χ4n) is 4.01. The Bertz CT molecular complexity index is 972. The summed E-state index contributed by atoms with van der Waals surface area (Å²) >= 11 is 0. The molecule has 2 fully saturated rings. The largest absolute Gasteiger partial charge is 0.495 e. The van der Waals surface area contributed by atoms with E-state index in [2.05, 4.69) is 6.92 Å². The van der Waals surface area contributed by atoms with Gasteiger partial charge in [0, 0.05) is 5.69 Å². The molecule has 2 saturated heterocycles. The number of sulfone groups is 1. The fourth-order valence-corrected chi connectivity index (χ4v) is 5.93. The molecule has 2 atom stereocenters. The number of carbonyl (C=O) groups is 1. The third kappa shape index (κ3) is 2.96. The highest BCUT2D eigenvalue weighted by Gasteiger charge is 2.54. The molecule has 2 aromatic carbocycles. The van der Waals surface area contributed by atoms with E-state index in [0.29, 0.717) is 11.4 Å². The Balaban J connectivity index is 1.80. The lowest BCUT2D eigenvalue weighted by Gasteiger charge is -2.24. The minimum atomic E-state index is -3.22. The number of amides is 2. The fraction of sp³-hybridized carbons (Fsp3) is 0.350. The van der Waals surface area contributed by atoms with Crippen molar-refractivity contribution in [1.29, 1.82) is 0 Å². The summed E-state index contributed by atoms with van der Waals surface area (Å²) < 4.78 is 30.1. The van der Waals surface area contributed by atoms with Gasteiger partial charge in [0.2, 0.25) is 0 Å². The Kier molecular flexibility index (Phi) is 4.34. The van der Waals surface area contributed by atoms with E-state index in [1.165, 1.54) is 5.56 Å². The molecule has 2 heterocycles. The number of para-hydroxylation sites is 2. The van der Waals surface area contributed by atoms with Crippen LogP contribution in [0.25, 0.3) is 0 Å². The number of fused-ring (bicyclic) bond motifs is 1. The van der Waals surface area contributed by atoms with Gasteiger partial charge in [-0.1, -0.05) is 31.2 Å². The average molecular weight is 386 g/mol. The van der Waals surface area contributed by atoms with Crippen LogP contribution in [0.15, 0.2) is 48.5 Å². The number of aryl methyl sites for hydroxylation is 1. The van der Waals surface area contributed by atoms with Crippen LogP contribution in [0.2, 0.25) is 0 Å². The highest BCUT2D eigenvalue weighted by Crippen LogP contribution is 2.41. The zero-order valence-corrected chi connectivity index (χ0v) is 16.1. The second kappa shape index (κ2) is 6.56. The molecule has 0 radical (unpaired) electrons. The van der Waals surface area contributed by atoms with E-state index in [-0.39, 0.29) is 17.5 Å². The summed E-state index contributed by atoms with van der Waals surface area (Å²) in [7, 11) is -1.67. The van der Waals surface area contributed by atoms with Crippen molar-refractivity contribution in [2.45, 2.75) is 25.4 Å². The van der Waals surface area contributed by atoms with Gasteiger partial charge in [-0.25, -0.2) is 13.2 Å². The van der Waals surface area contributed by atoms with Crippen LogP contribution >= 0.6 is 0 Å². The van der Waals surface area contributed by atoms with Crippen LogP contribution in [0.3, 0.4) is 0 Å². The Morgan fingerprint density at radius 2 is 1.63 bits per heavy atom. The number of benzene rings is 2. The number of carbonyl (C=O) groups excluding carboxylic acids is 1. The summed E-state index contributed by atoms with van der Waals surface area (Å²) in [6, 6.07) is 13.9. The Hall–Kier alpha value is -2.54. The first-order valence-electron chi connectivity index (χ1n) is 9.00. The van der Waals surface area contributed by atoms with Crippen LogP contribution in [0.1, 0.15) is 12.5 Å². The molecular weight excluding hydrogens is 364 g/mol.